The molecule has 0 atom stereocenters. The highest BCUT2D eigenvalue weighted by molar-refractivity contribution is 6.00. The summed E-state index contributed by atoms with van der Waals surface area (Å²) in [5.41, 5.74) is 6.96. The Morgan fingerprint density at radius 2 is 1.50 bits per heavy atom. The normalized spacial score (nSPS) is 14.9. The van der Waals surface area contributed by atoms with Crippen molar-refractivity contribution in [2.24, 2.45) is 5.10 Å². The van der Waals surface area contributed by atoms with Crippen LogP contribution < -0.4 is 10.3 Å². The highest BCUT2D eigenvalue weighted by Crippen LogP contribution is 2.17. The molecular weight excluding hydrogens is 403 g/mol. The Balaban J connectivity index is 1.28. The van der Waals surface area contributed by atoms with Gasteiger partial charge in [0, 0.05) is 44.0 Å². The van der Waals surface area contributed by atoms with Gasteiger partial charge >= 0.3 is 0 Å². The molecule has 1 aliphatic rings. The number of carbonyl (C=O) groups excluding carboxylic acids is 1. The summed E-state index contributed by atoms with van der Waals surface area (Å²) in [6, 6.07) is 24.2. The molecule has 0 radical (unpaired) electrons. The summed E-state index contributed by atoms with van der Waals surface area (Å²) in [5.74, 6) is -0.571. The monoisotopic (exact) mass is 430 g/mol. The zero-order valence-corrected chi connectivity index (χ0v) is 18.2. The Bertz CT molecular complexity index is 1060. The van der Waals surface area contributed by atoms with Gasteiger partial charge in [-0.1, -0.05) is 42.5 Å². The van der Waals surface area contributed by atoms with Crippen LogP contribution in [0.1, 0.15) is 28.4 Å². The minimum Gasteiger partial charge on any atom is -0.369 e. The van der Waals surface area contributed by atoms with Crippen molar-refractivity contribution in [3.63, 3.8) is 0 Å². The van der Waals surface area contributed by atoms with E-state index < -0.39 is 0 Å². The van der Waals surface area contributed by atoms with Gasteiger partial charge in [0.2, 0.25) is 0 Å². The Hall–Kier alpha value is -3.51. The molecule has 3 aromatic carbocycles. The van der Waals surface area contributed by atoms with Crippen molar-refractivity contribution in [1.29, 1.82) is 0 Å². The van der Waals surface area contributed by atoms with E-state index in [1.807, 2.05) is 30.3 Å². The molecule has 0 bridgehead atoms. The first kappa shape index (κ1) is 21.7. The van der Waals surface area contributed by atoms with Gasteiger partial charge in [-0.3, -0.25) is 9.69 Å². The van der Waals surface area contributed by atoms with Gasteiger partial charge in [0.25, 0.3) is 5.91 Å². The number of nitrogens with zero attached hydrogens (tertiary/aromatic N) is 3. The van der Waals surface area contributed by atoms with Crippen LogP contribution in [0.3, 0.4) is 0 Å². The number of piperazine rings is 1. The van der Waals surface area contributed by atoms with Crippen LogP contribution in [-0.4, -0.2) is 42.7 Å². The first-order valence-electron chi connectivity index (χ1n) is 10.8. The summed E-state index contributed by atoms with van der Waals surface area (Å²) in [6.45, 7) is 6.68. The molecule has 1 saturated heterocycles. The lowest BCUT2D eigenvalue weighted by Crippen LogP contribution is -2.45. The predicted molar refractivity (Wildman–Crippen MR) is 126 cm³/mol. The van der Waals surface area contributed by atoms with E-state index in [2.05, 4.69) is 44.6 Å². The molecule has 4 rings (SSSR count). The summed E-state index contributed by atoms with van der Waals surface area (Å²) in [6.07, 6.45) is 0. The fraction of sp³-hybridized carbons (Fsp3) is 0.231. The molecule has 1 heterocycles. The molecule has 1 N–H and O–H groups in total. The molecule has 0 spiro atoms. The van der Waals surface area contributed by atoms with Gasteiger partial charge in [-0.15, -0.1) is 0 Å². The fourth-order valence-electron chi connectivity index (χ4n) is 3.78. The van der Waals surface area contributed by atoms with E-state index in [0.717, 1.165) is 38.3 Å². The van der Waals surface area contributed by atoms with E-state index in [-0.39, 0.29) is 11.7 Å². The van der Waals surface area contributed by atoms with Gasteiger partial charge in [-0.2, -0.15) is 5.10 Å². The van der Waals surface area contributed by atoms with E-state index in [1.54, 1.807) is 19.1 Å². The van der Waals surface area contributed by atoms with E-state index in [1.165, 1.54) is 23.4 Å². The highest BCUT2D eigenvalue weighted by Gasteiger charge is 2.17. The van der Waals surface area contributed by atoms with Crippen LogP contribution in [0.5, 0.6) is 0 Å². The Morgan fingerprint density at radius 3 is 2.16 bits per heavy atom. The standard InChI is InChI=1S/C26H27FN4O/c1-20(22-11-13-24(27)14-12-22)28-29-26(32)23-9-7-21(8-10-23)19-30-15-17-31(18-16-30)25-5-3-2-4-6-25/h2-14H,15-19H2,1H3,(H,29,32)/b28-20-. The second-order valence-corrected chi connectivity index (χ2v) is 7.94. The SMILES string of the molecule is C/C(=N/NC(=O)c1ccc(CN2CCN(c3ccccc3)CC2)cc1)c1ccc(F)cc1. The summed E-state index contributed by atoms with van der Waals surface area (Å²) >= 11 is 0. The Kier molecular flexibility index (Phi) is 6.92. The lowest BCUT2D eigenvalue weighted by Gasteiger charge is -2.36. The third-order valence-electron chi connectivity index (χ3n) is 5.70. The molecule has 1 fully saturated rings. The van der Waals surface area contributed by atoms with Crippen molar-refractivity contribution >= 4 is 17.3 Å². The van der Waals surface area contributed by atoms with Gasteiger partial charge in [-0.25, -0.2) is 9.82 Å². The number of halogens is 1. The van der Waals surface area contributed by atoms with Crippen molar-refractivity contribution in [2.45, 2.75) is 13.5 Å². The van der Waals surface area contributed by atoms with Crippen molar-refractivity contribution < 1.29 is 9.18 Å². The smallest absolute Gasteiger partial charge is 0.271 e. The number of para-hydroxylation sites is 1. The fourth-order valence-corrected chi connectivity index (χ4v) is 3.78. The molecule has 32 heavy (non-hydrogen) atoms. The Labute approximate surface area is 188 Å². The second kappa shape index (κ2) is 10.2. The van der Waals surface area contributed by atoms with Crippen molar-refractivity contribution in [3.05, 3.63) is 101 Å². The Morgan fingerprint density at radius 1 is 0.875 bits per heavy atom. The van der Waals surface area contributed by atoms with Crippen molar-refractivity contribution in [3.8, 4) is 0 Å². The van der Waals surface area contributed by atoms with Crippen molar-refractivity contribution in [1.82, 2.24) is 10.3 Å². The van der Waals surface area contributed by atoms with Gasteiger partial charge in [0.15, 0.2) is 0 Å². The third kappa shape index (κ3) is 5.59. The lowest BCUT2D eigenvalue weighted by atomic mass is 10.1. The van der Waals surface area contributed by atoms with Crippen LogP contribution in [0, 0.1) is 5.82 Å². The van der Waals surface area contributed by atoms with Crippen LogP contribution >= 0.6 is 0 Å². The third-order valence-corrected chi connectivity index (χ3v) is 5.70. The van der Waals surface area contributed by atoms with E-state index in [9.17, 15) is 9.18 Å². The van der Waals surface area contributed by atoms with Crippen LogP contribution in [0.15, 0.2) is 84.0 Å². The quantitative estimate of drug-likeness (QED) is 0.469. The summed E-state index contributed by atoms with van der Waals surface area (Å²) in [5, 5.41) is 4.13. The minimum absolute atomic E-state index is 0.269. The number of nitrogens with one attached hydrogen (secondary N) is 1. The van der Waals surface area contributed by atoms with E-state index >= 15 is 0 Å². The molecular formula is C26H27FN4O. The maximum atomic E-state index is 13.0. The molecule has 0 aliphatic carbocycles. The number of hydrogen-bond donors (Lipinski definition) is 1. The first-order valence-corrected chi connectivity index (χ1v) is 10.8. The zero-order valence-electron chi connectivity index (χ0n) is 18.2. The second-order valence-electron chi connectivity index (χ2n) is 7.94. The van der Waals surface area contributed by atoms with Gasteiger partial charge in [0.05, 0.1) is 5.71 Å². The molecule has 3 aromatic rings. The first-order chi connectivity index (χ1) is 15.6. The van der Waals surface area contributed by atoms with E-state index in [0.29, 0.717) is 11.3 Å². The molecule has 6 heteroatoms. The summed E-state index contributed by atoms with van der Waals surface area (Å²) in [4.78, 5) is 17.3. The largest absolute Gasteiger partial charge is 0.369 e. The summed E-state index contributed by atoms with van der Waals surface area (Å²) < 4.78 is 13.0. The van der Waals surface area contributed by atoms with E-state index in [4.69, 9.17) is 0 Å². The average molecular weight is 431 g/mol. The number of anilines is 1. The van der Waals surface area contributed by atoms with Gasteiger partial charge in [0.1, 0.15) is 5.82 Å². The molecule has 5 nitrogen and oxygen atoms in total. The number of rotatable bonds is 6. The van der Waals surface area contributed by atoms with Crippen LogP contribution in [0.25, 0.3) is 0 Å². The number of amides is 1. The highest BCUT2D eigenvalue weighted by atomic mass is 19.1. The van der Waals surface area contributed by atoms with Crippen LogP contribution in [0.4, 0.5) is 10.1 Å². The maximum absolute atomic E-state index is 13.0. The molecule has 1 amide bonds. The van der Waals surface area contributed by atoms with Gasteiger partial charge < -0.3 is 4.90 Å². The molecule has 164 valence electrons. The molecule has 0 saturated carbocycles. The number of carbonyl (C=O) groups is 1. The predicted octanol–water partition coefficient (Wildman–Crippen LogP) is 4.30. The topological polar surface area (TPSA) is 47.9 Å². The van der Waals surface area contributed by atoms with Crippen LogP contribution in [0.2, 0.25) is 0 Å². The molecule has 1 aliphatic heterocycles. The van der Waals surface area contributed by atoms with Gasteiger partial charge in [-0.05, 0) is 54.4 Å². The van der Waals surface area contributed by atoms with Crippen molar-refractivity contribution in [2.75, 3.05) is 31.1 Å². The summed E-state index contributed by atoms with van der Waals surface area (Å²) in [7, 11) is 0. The number of hydrogen-bond acceptors (Lipinski definition) is 4. The molecule has 0 aromatic heterocycles. The van der Waals surface area contributed by atoms with Crippen LogP contribution in [-0.2, 0) is 6.54 Å². The maximum Gasteiger partial charge on any atom is 0.271 e. The molecule has 0 unspecified atom stereocenters. The average Bonchev–Trinajstić information content (AvgIpc) is 2.84. The number of benzene rings is 3. The zero-order chi connectivity index (χ0) is 22.3. The number of hydrazone groups is 1. The lowest BCUT2D eigenvalue weighted by molar-refractivity contribution is 0.0955. The minimum atomic E-state index is -0.302.